The predicted octanol–water partition coefficient (Wildman–Crippen LogP) is 3.00. The first-order valence-corrected chi connectivity index (χ1v) is 10.9. The molecule has 3 aliphatic rings. The van der Waals surface area contributed by atoms with Crippen molar-refractivity contribution in [1.82, 2.24) is 15.2 Å². The third-order valence-electron chi connectivity index (χ3n) is 6.55. The van der Waals surface area contributed by atoms with Gasteiger partial charge in [-0.05, 0) is 37.8 Å². The second kappa shape index (κ2) is 9.35. The van der Waals surface area contributed by atoms with Gasteiger partial charge < -0.3 is 15.0 Å². The van der Waals surface area contributed by atoms with Gasteiger partial charge in [-0.15, -0.1) is 12.4 Å². The number of piperazine rings is 1. The minimum atomic E-state index is -0.0801. The van der Waals surface area contributed by atoms with Gasteiger partial charge in [-0.1, -0.05) is 19.9 Å². The van der Waals surface area contributed by atoms with Crippen LogP contribution in [0.2, 0.25) is 0 Å². The molecule has 0 radical (unpaired) electrons. The fourth-order valence-electron chi connectivity index (χ4n) is 4.90. The van der Waals surface area contributed by atoms with Gasteiger partial charge in [0.25, 0.3) is 0 Å². The van der Waals surface area contributed by atoms with Gasteiger partial charge in [-0.25, -0.2) is 0 Å². The van der Waals surface area contributed by atoms with E-state index in [9.17, 15) is 4.79 Å². The van der Waals surface area contributed by atoms with Crippen LogP contribution in [0.15, 0.2) is 18.3 Å². The average Bonchev–Trinajstić information content (AvgIpc) is 3.30. The maximum Gasteiger partial charge on any atom is 0.241 e. The van der Waals surface area contributed by atoms with Gasteiger partial charge in [0.1, 0.15) is 0 Å². The van der Waals surface area contributed by atoms with Crippen LogP contribution >= 0.6 is 12.4 Å². The fraction of sp³-hybridized carbons (Fsp3) is 0.652. The van der Waals surface area contributed by atoms with Gasteiger partial charge in [0.05, 0.1) is 24.5 Å². The zero-order chi connectivity index (χ0) is 20.6. The molecule has 1 aromatic heterocycles. The number of hydrogen-bond acceptors (Lipinski definition) is 5. The summed E-state index contributed by atoms with van der Waals surface area (Å²) in [6, 6.07) is 2.75. The smallest absolute Gasteiger partial charge is 0.241 e. The van der Waals surface area contributed by atoms with Crippen LogP contribution in [0.5, 0.6) is 0 Å². The number of pyridine rings is 1. The number of methoxy groups -OCH3 is 1. The summed E-state index contributed by atoms with van der Waals surface area (Å²) in [5.74, 6) is 0.171. The van der Waals surface area contributed by atoms with E-state index in [1.165, 1.54) is 17.6 Å². The number of allylic oxidation sites excluding steroid dienone is 2. The number of anilines is 1. The van der Waals surface area contributed by atoms with Crippen molar-refractivity contribution in [2.24, 2.45) is 0 Å². The molecule has 0 bridgehead atoms. The summed E-state index contributed by atoms with van der Waals surface area (Å²) in [6.07, 6.45) is 7.70. The molecule has 0 unspecified atom stereocenters. The maximum absolute atomic E-state index is 13.4. The van der Waals surface area contributed by atoms with Crippen LogP contribution < -0.4 is 10.2 Å². The van der Waals surface area contributed by atoms with E-state index >= 15 is 0 Å². The molecule has 1 aromatic rings. The lowest BCUT2D eigenvalue weighted by Gasteiger charge is -2.39. The van der Waals surface area contributed by atoms with E-state index in [1.54, 1.807) is 7.11 Å². The van der Waals surface area contributed by atoms with E-state index in [2.05, 4.69) is 43.1 Å². The average molecular weight is 435 g/mol. The summed E-state index contributed by atoms with van der Waals surface area (Å²) in [5, 5.41) is 3.50. The highest BCUT2D eigenvalue weighted by Crippen LogP contribution is 2.42. The third kappa shape index (κ3) is 4.57. The molecule has 6 nitrogen and oxygen atoms in total. The van der Waals surface area contributed by atoms with Crippen molar-refractivity contribution in [1.29, 1.82) is 0 Å². The molecule has 2 atom stereocenters. The van der Waals surface area contributed by atoms with E-state index in [-0.39, 0.29) is 29.8 Å². The largest absolute Gasteiger partial charge is 0.383 e. The molecule has 30 heavy (non-hydrogen) atoms. The number of nitrogens with zero attached hydrogens (tertiary/aromatic N) is 3. The molecule has 1 amide bonds. The Bertz CT molecular complexity index is 810. The van der Waals surface area contributed by atoms with E-state index in [0.717, 1.165) is 37.3 Å². The third-order valence-corrected chi connectivity index (χ3v) is 6.55. The molecule has 4 rings (SSSR count). The van der Waals surface area contributed by atoms with Crippen molar-refractivity contribution in [3.63, 3.8) is 0 Å². The van der Waals surface area contributed by atoms with Crippen LogP contribution in [0, 0.1) is 0 Å². The minimum Gasteiger partial charge on any atom is -0.383 e. The monoisotopic (exact) mass is 434 g/mol. The Labute approximate surface area is 186 Å². The van der Waals surface area contributed by atoms with E-state index < -0.39 is 0 Å². The number of hydrogen-bond donors (Lipinski definition) is 1. The van der Waals surface area contributed by atoms with E-state index in [4.69, 9.17) is 9.72 Å². The summed E-state index contributed by atoms with van der Waals surface area (Å²) in [4.78, 5) is 22.5. The Morgan fingerprint density at radius 1 is 1.40 bits per heavy atom. The molecule has 0 spiro atoms. The van der Waals surface area contributed by atoms with E-state index in [0.29, 0.717) is 25.7 Å². The lowest BCUT2D eigenvalue weighted by Crippen LogP contribution is -2.59. The first-order valence-electron chi connectivity index (χ1n) is 10.9. The van der Waals surface area contributed by atoms with Crippen LogP contribution in [0.25, 0.3) is 5.57 Å². The van der Waals surface area contributed by atoms with Gasteiger partial charge in [-0.3, -0.25) is 14.7 Å². The molecule has 0 saturated carbocycles. The van der Waals surface area contributed by atoms with Gasteiger partial charge in [-0.2, -0.15) is 0 Å². The highest BCUT2D eigenvalue weighted by Gasteiger charge is 2.40. The summed E-state index contributed by atoms with van der Waals surface area (Å²) in [5.41, 5.74) is 4.49. The van der Waals surface area contributed by atoms with Crippen LogP contribution in [-0.4, -0.2) is 67.8 Å². The standard InChI is InChI=1S/C23H34N4O2.ClH/c1-16-12-26(18(10-24-16)14-29-4)13-22(28)27-15-23(2,3)19-11-25-20(9-21(19)27)17-7-5-6-8-17;/h7,9,11,16,18,24H,5-6,8,10,12-15H2,1-4H3;1H/t16-,18-;/m1./s1. The highest BCUT2D eigenvalue weighted by atomic mass is 35.5. The minimum absolute atomic E-state index is 0. The predicted molar refractivity (Wildman–Crippen MR) is 123 cm³/mol. The quantitative estimate of drug-likeness (QED) is 0.772. The Balaban J connectivity index is 0.00000256. The number of aromatic nitrogens is 1. The fourth-order valence-corrected chi connectivity index (χ4v) is 4.90. The highest BCUT2D eigenvalue weighted by molar-refractivity contribution is 5.98. The van der Waals surface area contributed by atoms with Crippen molar-refractivity contribution in [3.05, 3.63) is 29.6 Å². The zero-order valence-corrected chi connectivity index (χ0v) is 19.4. The second-order valence-corrected chi connectivity index (χ2v) is 9.42. The summed E-state index contributed by atoms with van der Waals surface area (Å²) < 4.78 is 5.39. The van der Waals surface area contributed by atoms with Crippen molar-refractivity contribution >= 4 is 29.6 Å². The van der Waals surface area contributed by atoms with Crippen molar-refractivity contribution in [2.45, 2.75) is 57.5 Å². The Hall–Kier alpha value is -1.47. The topological polar surface area (TPSA) is 57.7 Å². The summed E-state index contributed by atoms with van der Waals surface area (Å²) in [6.45, 7) is 10.1. The maximum atomic E-state index is 13.4. The molecular formula is C23H35ClN4O2. The number of ether oxygens (including phenoxy) is 1. The van der Waals surface area contributed by atoms with Crippen LogP contribution in [0.4, 0.5) is 5.69 Å². The van der Waals surface area contributed by atoms with Crippen molar-refractivity contribution in [3.8, 4) is 0 Å². The van der Waals surface area contributed by atoms with Crippen LogP contribution in [-0.2, 0) is 14.9 Å². The molecule has 3 heterocycles. The molecule has 1 N–H and O–H groups in total. The number of amides is 1. The molecule has 7 heteroatoms. The van der Waals surface area contributed by atoms with Gasteiger partial charge in [0, 0.05) is 56.0 Å². The number of carbonyl (C=O) groups is 1. The Morgan fingerprint density at radius 2 is 2.20 bits per heavy atom. The van der Waals surface area contributed by atoms with Crippen molar-refractivity contribution < 1.29 is 9.53 Å². The number of rotatable bonds is 5. The Morgan fingerprint density at radius 3 is 2.90 bits per heavy atom. The molecule has 1 fully saturated rings. The lowest BCUT2D eigenvalue weighted by atomic mass is 9.88. The number of nitrogens with one attached hydrogen (secondary N) is 1. The first kappa shape index (κ1) is 23.2. The molecular weight excluding hydrogens is 400 g/mol. The second-order valence-electron chi connectivity index (χ2n) is 9.42. The van der Waals surface area contributed by atoms with Crippen molar-refractivity contribution in [2.75, 3.05) is 44.8 Å². The first-order chi connectivity index (χ1) is 13.9. The number of halogens is 1. The number of fused-ring (bicyclic) bond motifs is 1. The SMILES string of the molecule is COC[C@H]1CN[C@H](C)CN1CC(=O)N1CC(C)(C)c2cnc(C3=CCCC3)cc21.Cl. The lowest BCUT2D eigenvalue weighted by molar-refractivity contribution is -0.121. The number of carbonyl (C=O) groups excluding carboxylic acids is 1. The molecule has 2 aliphatic heterocycles. The van der Waals surface area contributed by atoms with Gasteiger partial charge in [0.2, 0.25) is 5.91 Å². The Kier molecular flexibility index (Phi) is 7.23. The zero-order valence-electron chi connectivity index (χ0n) is 18.6. The van der Waals surface area contributed by atoms with Crippen LogP contribution in [0.3, 0.4) is 0 Å². The molecule has 1 aliphatic carbocycles. The summed E-state index contributed by atoms with van der Waals surface area (Å²) in [7, 11) is 1.73. The van der Waals surface area contributed by atoms with Crippen LogP contribution in [0.1, 0.15) is 51.3 Å². The molecule has 166 valence electrons. The van der Waals surface area contributed by atoms with Gasteiger partial charge in [0.15, 0.2) is 0 Å². The van der Waals surface area contributed by atoms with Gasteiger partial charge >= 0.3 is 0 Å². The van der Waals surface area contributed by atoms with E-state index in [1.807, 2.05) is 11.1 Å². The molecule has 0 aromatic carbocycles. The molecule has 1 saturated heterocycles. The summed E-state index contributed by atoms with van der Waals surface area (Å²) >= 11 is 0. The normalized spacial score (nSPS) is 25.6.